The lowest BCUT2D eigenvalue weighted by Crippen LogP contribution is -2.21. The maximum absolute atomic E-state index is 6.18. The average molecular weight is 258 g/mol. The van der Waals surface area contributed by atoms with Crippen LogP contribution in [0, 0.1) is 5.92 Å². The number of hydrogen-bond donors (Lipinski definition) is 1. The zero-order valence-corrected chi connectivity index (χ0v) is 11.0. The number of halogens is 2. The minimum atomic E-state index is 0.672. The summed E-state index contributed by atoms with van der Waals surface area (Å²) in [4.78, 5) is 0. The molecular formula is C13H17Cl2N. The van der Waals surface area contributed by atoms with Crippen LogP contribution in [-0.4, -0.2) is 13.1 Å². The normalized spacial score (nSPS) is 24.9. The molecule has 2 atom stereocenters. The van der Waals surface area contributed by atoms with Gasteiger partial charge in [0.25, 0.3) is 0 Å². The third-order valence-electron chi connectivity index (χ3n) is 3.50. The standard InChI is InChI=1S/C13H17Cl2N/c1-16-10-6-5-9(7-10)8-11-12(14)3-2-4-13(11)15/h2-4,9-10,16H,5-8H2,1H3. The number of hydrogen-bond acceptors (Lipinski definition) is 1. The Morgan fingerprint density at radius 1 is 1.25 bits per heavy atom. The van der Waals surface area contributed by atoms with Gasteiger partial charge < -0.3 is 5.32 Å². The first kappa shape index (κ1) is 12.2. The smallest absolute Gasteiger partial charge is 0.0452 e. The molecule has 0 spiro atoms. The van der Waals surface area contributed by atoms with E-state index in [-0.39, 0.29) is 0 Å². The van der Waals surface area contributed by atoms with Crippen LogP contribution >= 0.6 is 23.2 Å². The van der Waals surface area contributed by atoms with Crippen molar-refractivity contribution in [2.75, 3.05) is 7.05 Å². The molecule has 1 aromatic rings. The Kier molecular flexibility index (Phi) is 4.12. The quantitative estimate of drug-likeness (QED) is 0.866. The second kappa shape index (κ2) is 5.39. The van der Waals surface area contributed by atoms with Crippen LogP contribution in [0.4, 0.5) is 0 Å². The Labute approximate surface area is 107 Å². The molecule has 0 heterocycles. The molecule has 2 unspecified atom stereocenters. The van der Waals surface area contributed by atoms with Crippen molar-refractivity contribution in [1.82, 2.24) is 5.32 Å². The van der Waals surface area contributed by atoms with Gasteiger partial charge in [0.15, 0.2) is 0 Å². The molecule has 1 N–H and O–H groups in total. The Morgan fingerprint density at radius 3 is 2.50 bits per heavy atom. The van der Waals surface area contributed by atoms with Gasteiger partial charge >= 0.3 is 0 Å². The maximum Gasteiger partial charge on any atom is 0.0452 e. The highest BCUT2D eigenvalue weighted by molar-refractivity contribution is 6.35. The molecule has 0 saturated heterocycles. The van der Waals surface area contributed by atoms with Gasteiger partial charge in [-0.25, -0.2) is 0 Å². The van der Waals surface area contributed by atoms with Crippen molar-refractivity contribution in [3.05, 3.63) is 33.8 Å². The minimum absolute atomic E-state index is 0.672. The van der Waals surface area contributed by atoms with Gasteiger partial charge in [0.1, 0.15) is 0 Å². The van der Waals surface area contributed by atoms with Crippen LogP contribution in [0.5, 0.6) is 0 Å². The lowest BCUT2D eigenvalue weighted by Gasteiger charge is -2.13. The fraction of sp³-hybridized carbons (Fsp3) is 0.538. The molecule has 2 rings (SSSR count). The van der Waals surface area contributed by atoms with Gasteiger partial charge in [-0.2, -0.15) is 0 Å². The Balaban J connectivity index is 2.04. The van der Waals surface area contributed by atoms with E-state index < -0.39 is 0 Å². The monoisotopic (exact) mass is 257 g/mol. The van der Waals surface area contributed by atoms with Crippen LogP contribution in [0.3, 0.4) is 0 Å². The van der Waals surface area contributed by atoms with E-state index in [0.29, 0.717) is 6.04 Å². The highest BCUT2D eigenvalue weighted by atomic mass is 35.5. The largest absolute Gasteiger partial charge is 0.317 e. The van der Waals surface area contributed by atoms with Gasteiger partial charge in [-0.15, -0.1) is 0 Å². The molecule has 16 heavy (non-hydrogen) atoms. The van der Waals surface area contributed by atoms with Gasteiger partial charge in [-0.3, -0.25) is 0 Å². The van der Waals surface area contributed by atoms with E-state index in [9.17, 15) is 0 Å². The van der Waals surface area contributed by atoms with Gasteiger partial charge in [0.05, 0.1) is 0 Å². The molecule has 1 fully saturated rings. The lowest BCUT2D eigenvalue weighted by molar-refractivity contribution is 0.510. The number of benzene rings is 1. The van der Waals surface area contributed by atoms with Crippen molar-refractivity contribution in [3.63, 3.8) is 0 Å². The summed E-state index contributed by atoms with van der Waals surface area (Å²) >= 11 is 12.4. The van der Waals surface area contributed by atoms with Crippen LogP contribution in [0.15, 0.2) is 18.2 Å². The number of nitrogens with one attached hydrogen (secondary N) is 1. The van der Waals surface area contributed by atoms with Crippen LogP contribution in [0.25, 0.3) is 0 Å². The molecule has 88 valence electrons. The van der Waals surface area contributed by atoms with Gasteiger partial charge in [-0.1, -0.05) is 29.3 Å². The third-order valence-corrected chi connectivity index (χ3v) is 4.21. The van der Waals surface area contributed by atoms with Crippen molar-refractivity contribution in [3.8, 4) is 0 Å². The summed E-state index contributed by atoms with van der Waals surface area (Å²) in [6.07, 6.45) is 4.78. The second-order valence-electron chi connectivity index (χ2n) is 4.57. The van der Waals surface area contributed by atoms with Crippen LogP contribution in [0.2, 0.25) is 10.0 Å². The van der Waals surface area contributed by atoms with Crippen molar-refractivity contribution < 1.29 is 0 Å². The van der Waals surface area contributed by atoms with Crippen molar-refractivity contribution >= 4 is 23.2 Å². The Morgan fingerprint density at radius 2 is 1.94 bits per heavy atom. The zero-order chi connectivity index (χ0) is 11.5. The molecule has 0 amide bonds. The van der Waals surface area contributed by atoms with Crippen LogP contribution in [0.1, 0.15) is 24.8 Å². The lowest BCUT2D eigenvalue weighted by atomic mass is 9.97. The molecule has 0 radical (unpaired) electrons. The summed E-state index contributed by atoms with van der Waals surface area (Å²) in [6, 6.07) is 6.42. The summed E-state index contributed by atoms with van der Waals surface area (Å²) < 4.78 is 0. The summed E-state index contributed by atoms with van der Waals surface area (Å²) in [6.45, 7) is 0. The van der Waals surface area contributed by atoms with Crippen molar-refractivity contribution in [2.24, 2.45) is 5.92 Å². The first-order valence-electron chi connectivity index (χ1n) is 5.81. The van der Waals surface area contributed by atoms with Crippen molar-refractivity contribution in [2.45, 2.75) is 31.7 Å². The zero-order valence-electron chi connectivity index (χ0n) is 9.47. The van der Waals surface area contributed by atoms with E-state index in [1.165, 1.54) is 19.3 Å². The highest BCUT2D eigenvalue weighted by Gasteiger charge is 2.24. The molecule has 0 aromatic heterocycles. The van der Waals surface area contributed by atoms with E-state index in [0.717, 1.165) is 27.9 Å². The van der Waals surface area contributed by atoms with E-state index in [1.54, 1.807) is 0 Å². The van der Waals surface area contributed by atoms with E-state index in [2.05, 4.69) is 5.32 Å². The molecule has 1 nitrogen and oxygen atoms in total. The minimum Gasteiger partial charge on any atom is -0.317 e. The first-order valence-corrected chi connectivity index (χ1v) is 6.56. The first-order chi connectivity index (χ1) is 7.70. The van der Waals surface area contributed by atoms with Crippen LogP contribution in [-0.2, 0) is 6.42 Å². The summed E-state index contributed by atoms with van der Waals surface area (Å²) in [7, 11) is 2.04. The molecule has 0 bridgehead atoms. The SMILES string of the molecule is CNC1CCC(Cc2c(Cl)cccc2Cl)C1. The molecule has 1 aliphatic carbocycles. The summed E-state index contributed by atoms with van der Waals surface area (Å²) in [5, 5.41) is 4.95. The van der Waals surface area contributed by atoms with E-state index in [4.69, 9.17) is 23.2 Å². The average Bonchev–Trinajstić information content (AvgIpc) is 2.71. The molecular weight excluding hydrogens is 241 g/mol. The third kappa shape index (κ3) is 2.71. The van der Waals surface area contributed by atoms with E-state index >= 15 is 0 Å². The van der Waals surface area contributed by atoms with Crippen molar-refractivity contribution in [1.29, 1.82) is 0 Å². The predicted molar refractivity (Wildman–Crippen MR) is 70.4 cm³/mol. The predicted octanol–water partition coefficient (Wildman–Crippen LogP) is 3.92. The van der Waals surface area contributed by atoms with Gasteiger partial charge in [0, 0.05) is 16.1 Å². The van der Waals surface area contributed by atoms with Gasteiger partial charge in [0.2, 0.25) is 0 Å². The second-order valence-corrected chi connectivity index (χ2v) is 5.38. The fourth-order valence-electron chi connectivity index (χ4n) is 2.54. The molecule has 1 aliphatic rings. The molecule has 0 aliphatic heterocycles. The molecule has 1 aromatic carbocycles. The Hall–Kier alpha value is -0.240. The number of rotatable bonds is 3. The maximum atomic E-state index is 6.18. The highest BCUT2D eigenvalue weighted by Crippen LogP contribution is 2.33. The molecule has 1 saturated carbocycles. The van der Waals surface area contributed by atoms with Gasteiger partial charge in [-0.05, 0) is 56.3 Å². The Bertz CT molecular complexity index is 345. The molecule has 3 heteroatoms. The fourth-order valence-corrected chi connectivity index (χ4v) is 3.09. The van der Waals surface area contributed by atoms with E-state index in [1.807, 2.05) is 25.2 Å². The van der Waals surface area contributed by atoms with Crippen LogP contribution < -0.4 is 5.32 Å². The topological polar surface area (TPSA) is 12.0 Å². The summed E-state index contributed by atoms with van der Waals surface area (Å²) in [5.41, 5.74) is 1.12. The summed E-state index contributed by atoms with van der Waals surface area (Å²) in [5.74, 6) is 0.717.